The quantitative estimate of drug-likeness (QED) is 0.802. The number of nitrogens with zero attached hydrogens (tertiary/aromatic N) is 3. The number of hydrogen-bond donors (Lipinski definition) is 1. The van der Waals surface area contributed by atoms with E-state index < -0.39 is 0 Å². The zero-order valence-electron chi connectivity index (χ0n) is 11.6. The van der Waals surface area contributed by atoms with Gasteiger partial charge in [-0.15, -0.1) is 0 Å². The Kier molecular flexibility index (Phi) is 3.39. The predicted octanol–water partition coefficient (Wildman–Crippen LogP) is 2.99. The van der Waals surface area contributed by atoms with Gasteiger partial charge in [-0.2, -0.15) is 0 Å². The number of hydrogen-bond acceptors (Lipinski definition) is 4. The third-order valence-corrected chi connectivity index (χ3v) is 3.31. The Balaban J connectivity index is 1.96. The van der Waals surface area contributed by atoms with Crippen molar-refractivity contribution in [2.45, 2.75) is 6.54 Å². The molecule has 0 aliphatic carbocycles. The van der Waals surface area contributed by atoms with Crippen molar-refractivity contribution in [3.63, 3.8) is 0 Å². The molecule has 0 amide bonds. The van der Waals surface area contributed by atoms with Gasteiger partial charge in [0.25, 0.3) is 0 Å². The molecule has 2 N–H and O–H groups in total. The standard InChI is InChI=1S/C16H15FN4/c1-21(10-11-6-2-3-7-12(11)17)16-15(18)19-13-8-4-5-9-14(13)20-16/h2-9H,10H2,1H3,(H2,18,19). The second kappa shape index (κ2) is 5.36. The molecule has 106 valence electrons. The summed E-state index contributed by atoms with van der Waals surface area (Å²) in [5, 5.41) is 0. The lowest BCUT2D eigenvalue weighted by Gasteiger charge is -2.20. The summed E-state index contributed by atoms with van der Waals surface area (Å²) in [6.45, 7) is 0.379. The van der Waals surface area contributed by atoms with Gasteiger partial charge in [0, 0.05) is 19.2 Å². The SMILES string of the molecule is CN(Cc1ccccc1F)c1nc2ccccc2nc1N. The van der Waals surface area contributed by atoms with E-state index in [2.05, 4.69) is 9.97 Å². The molecule has 0 aliphatic heterocycles. The molecule has 0 unspecified atom stereocenters. The monoisotopic (exact) mass is 282 g/mol. The minimum atomic E-state index is -0.239. The molecule has 0 saturated heterocycles. The molecule has 1 heterocycles. The van der Waals surface area contributed by atoms with Gasteiger partial charge in [-0.25, -0.2) is 14.4 Å². The maximum Gasteiger partial charge on any atom is 0.172 e. The second-order valence-corrected chi connectivity index (χ2v) is 4.87. The maximum atomic E-state index is 13.7. The molecule has 0 atom stereocenters. The lowest BCUT2D eigenvalue weighted by atomic mass is 10.2. The maximum absolute atomic E-state index is 13.7. The third-order valence-electron chi connectivity index (χ3n) is 3.31. The predicted molar refractivity (Wildman–Crippen MR) is 82.5 cm³/mol. The van der Waals surface area contributed by atoms with Crippen molar-refractivity contribution in [3.05, 3.63) is 59.9 Å². The molecule has 0 fully saturated rings. The molecular formula is C16H15FN4. The first-order chi connectivity index (χ1) is 10.1. The van der Waals surface area contributed by atoms with E-state index >= 15 is 0 Å². The highest BCUT2D eigenvalue weighted by Crippen LogP contribution is 2.23. The number of aromatic nitrogens is 2. The number of rotatable bonds is 3. The molecule has 4 nitrogen and oxygen atoms in total. The second-order valence-electron chi connectivity index (χ2n) is 4.87. The Hall–Kier alpha value is -2.69. The smallest absolute Gasteiger partial charge is 0.172 e. The number of nitrogen functional groups attached to an aromatic ring is 1. The van der Waals surface area contributed by atoms with Crippen LogP contribution in [0.5, 0.6) is 0 Å². The highest BCUT2D eigenvalue weighted by Gasteiger charge is 2.12. The minimum Gasteiger partial charge on any atom is -0.381 e. The van der Waals surface area contributed by atoms with Crippen LogP contribution in [0.3, 0.4) is 0 Å². The Morgan fingerprint density at radius 2 is 1.62 bits per heavy atom. The van der Waals surface area contributed by atoms with Crippen LogP contribution in [0.2, 0.25) is 0 Å². The highest BCUT2D eigenvalue weighted by atomic mass is 19.1. The van der Waals surface area contributed by atoms with Crippen LogP contribution in [0.15, 0.2) is 48.5 Å². The summed E-state index contributed by atoms with van der Waals surface area (Å²) < 4.78 is 13.7. The van der Waals surface area contributed by atoms with E-state index in [1.54, 1.807) is 17.0 Å². The van der Waals surface area contributed by atoms with E-state index in [0.717, 1.165) is 11.0 Å². The van der Waals surface area contributed by atoms with Gasteiger partial charge in [-0.1, -0.05) is 30.3 Å². The topological polar surface area (TPSA) is 55.0 Å². The molecule has 0 spiro atoms. The average Bonchev–Trinajstić information content (AvgIpc) is 2.49. The first-order valence-electron chi connectivity index (χ1n) is 6.62. The summed E-state index contributed by atoms with van der Waals surface area (Å²) in [6, 6.07) is 14.2. The normalized spacial score (nSPS) is 10.8. The minimum absolute atomic E-state index is 0.239. The van der Waals surface area contributed by atoms with E-state index in [1.165, 1.54) is 6.07 Å². The van der Waals surface area contributed by atoms with Crippen molar-refractivity contribution < 1.29 is 4.39 Å². The molecule has 3 aromatic rings. The van der Waals surface area contributed by atoms with Crippen molar-refractivity contribution in [3.8, 4) is 0 Å². The van der Waals surface area contributed by atoms with Crippen molar-refractivity contribution in [2.24, 2.45) is 0 Å². The van der Waals surface area contributed by atoms with Crippen molar-refractivity contribution in [2.75, 3.05) is 17.7 Å². The zero-order valence-corrected chi connectivity index (χ0v) is 11.6. The molecule has 1 aromatic heterocycles. The summed E-state index contributed by atoms with van der Waals surface area (Å²) in [5.74, 6) is 0.654. The van der Waals surface area contributed by atoms with E-state index in [9.17, 15) is 4.39 Å². The molecule has 2 aromatic carbocycles. The molecule has 21 heavy (non-hydrogen) atoms. The van der Waals surface area contributed by atoms with Crippen LogP contribution in [-0.4, -0.2) is 17.0 Å². The Morgan fingerprint density at radius 1 is 1.00 bits per heavy atom. The molecular weight excluding hydrogens is 267 g/mol. The first kappa shape index (κ1) is 13.3. The summed E-state index contributed by atoms with van der Waals surface area (Å²) in [5.41, 5.74) is 8.08. The largest absolute Gasteiger partial charge is 0.381 e. The fraction of sp³-hybridized carbons (Fsp3) is 0.125. The van der Waals surface area contributed by atoms with Crippen LogP contribution in [0, 0.1) is 5.82 Å². The first-order valence-corrected chi connectivity index (χ1v) is 6.62. The Bertz CT molecular complexity index is 788. The van der Waals surface area contributed by atoms with Crippen LogP contribution in [0.1, 0.15) is 5.56 Å². The Morgan fingerprint density at radius 3 is 2.33 bits per heavy atom. The van der Waals surface area contributed by atoms with Gasteiger partial charge in [-0.3, -0.25) is 0 Å². The number of benzene rings is 2. The fourth-order valence-corrected chi connectivity index (χ4v) is 2.24. The Labute approximate surface area is 122 Å². The number of para-hydroxylation sites is 2. The number of anilines is 2. The number of nitrogens with two attached hydrogens (primary N) is 1. The highest BCUT2D eigenvalue weighted by molar-refractivity contribution is 5.79. The lowest BCUT2D eigenvalue weighted by molar-refractivity contribution is 0.607. The molecule has 0 saturated carbocycles. The van der Waals surface area contributed by atoms with Gasteiger partial charge < -0.3 is 10.6 Å². The van der Waals surface area contributed by atoms with Crippen LogP contribution in [0.25, 0.3) is 11.0 Å². The van der Waals surface area contributed by atoms with Crippen molar-refractivity contribution in [1.29, 1.82) is 0 Å². The van der Waals surface area contributed by atoms with Gasteiger partial charge in [0.1, 0.15) is 5.82 Å². The van der Waals surface area contributed by atoms with Crippen LogP contribution in [0.4, 0.5) is 16.0 Å². The third kappa shape index (κ3) is 2.63. The number of halogens is 1. The summed E-state index contributed by atoms with van der Waals surface area (Å²) >= 11 is 0. The summed E-state index contributed by atoms with van der Waals surface area (Å²) in [7, 11) is 1.82. The van der Waals surface area contributed by atoms with Crippen LogP contribution < -0.4 is 10.6 Å². The molecule has 5 heteroatoms. The zero-order chi connectivity index (χ0) is 14.8. The summed E-state index contributed by atoms with van der Waals surface area (Å²) in [4.78, 5) is 10.7. The molecule has 0 aliphatic rings. The number of fused-ring (bicyclic) bond motifs is 1. The van der Waals surface area contributed by atoms with Gasteiger partial charge in [0.2, 0.25) is 0 Å². The van der Waals surface area contributed by atoms with E-state index in [4.69, 9.17) is 5.73 Å². The summed E-state index contributed by atoms with van der Waals surface area (Å²) in [6.07, 6.45) is 0. The van der Waals surface area contributed by atoms with Gasteiger partial charge in [0.05, 0.1) is 11.0 Å². The lowest BCUT2D eigenvalue weighted by Crippen LogP contribution is -2.20. The van der Waals surface area contributed by atoms with E-state index in [1.807, 2.05) is 37.4 Å². The van der Waals surface area contributed by atoms with Crippen LogP contribution >= 0.6 is 0 Å². The molecule has 0 bridgehead atoms. The molecule has 3 rings (SSSR count). The van der Waals surface area contributed by atoms with Gasteiger partial charge in [-0.05, 0) is 18.2 Å². The van der Waals surface area contributed by atoms with Gasteiger partial charge >= 0.3 is 0 Å². The van der Waals surface area contributed by atoms with E-state index in [0.29, 0.717) is 23.7 Å². The van der Waals surface area contributed by atoms with Gasteiger partial charge in [0.15, 0.2) is 11.6 Å². The van der Waals surface area contributed by atoms with Crippen LogP contribution in [-0.2, 0) is 6.54 Å². The van der Waals surface area contributed by atoms with Crippen molar-refractivity contribution in [1.82, 2.24) is 9.97 Å². The fourth-order valence-electron chi connectivity index (χ4n) is 2.24. The van der Waals surface area contributed by atoms with Crippen molar-refractivity contribution >= 4 is 22.7 Å². The van der Waals surface area contributed by atoms with E-state index in [-0.39, 0.29) is 5.82 Å². The molecule has 0 radical (unpaired) electrons. The average molecular weight is 282 g/mol.